The van der Waals surface area contributed by atoms with Crippen molar-refractivity contribution in [2.75, 3.05) is 33.0 Å². The Hall–Kier alpha value is -0.0157. The van der Waals surface area contributed by atoms with E-state index in [1.54, 1.807) is 0 Å². The maximum absolute atomic E-state index is 9.12. The van der Waals surface area contributed by atoms with Gasteiger partial charge in [-0.25, -0.2) is 4.79 Å². The van der Waals surface area contributed by atoms with Gasteiger partial charge in [-0.3, -0.25) is 0 Å². The quantitative estimate of drug-likeness (QED) is 0.314. The Morgan fingerprint density at radius 2 is 0.731 bits per heavy atom. The topological polar surface area (TPSA) is 138 Å². The van der Waals surface area contributed by atoms with Crippen LogP contribution in [-0.2, 0) is 26.5 Å². The Morgan fingerprint density at radius 1 is 0.577 bits per heavy atom. The molecule has 0 heterocycles. The van der Waals surface area contributed by atoms with Crippen molar-refractivity contribution in [2.24, 2.45) is 0 Å². The minimum atomic E-state index is -1.19. The molecule has 0 aliphatic carbocycles. The van der Waals surface area contributed by atoms with Gasteiger partial charge in [0.1, 0.15) is 6.61 Å². The van der Waals surface area contributed by atoms with Gasteiger partial charge in [0.15, 0.2) is 0 Å². The van der Waals surface area contributed by atoms with Crippen molar-refractivity contribution in [3.8, 4) is 0 Å². The first-order valence-corrected chi connectivity index (χ1v) is 9.19. The Balaban J connectivity index is -0.0000000476. The van der Waals surface area contributed by atoms with Gasteiger partial charge >= 0.3 is 5.97 Å². The number of carboxylic acids is 1. The predicted octanol–water partition coefficient (Wildman–Crippen LogP) is 2.18. The molecule has 0 unspecified atom stereocenters. The molecule has 0 amide bonds. The van der Waals surface area contributed by atoms with Crippen molar-refractivity contribution in [3.05, 3.63) is 0 Å². The first-order valence-electron chi connectivity index (χ1n) is 9.19. The zero-order valence-corrected chi connectivity index (χ0v) is 18.8. The molecule has 0 fully saturated rings. The number of aliphatic hydroxyl groups excluding tert-OH is 5. The van der Waals surface area contributed by atoms with E-state index < -0.39 is 12.6 Å². The van der Waals surface area contributed by atoms with Crippen LogP contribution in [0, 0.1) is 0 Å². The van der Waals surface area contributed by atoms with E-state index in [1.165, 1.54) is 0 Å². The van der Waals surface area contributed by atoms with Crippen LogP contribution in [0.3, 0.4) is 0 Å². The van der Waals surface area contributed by atoms with Crippen molar-refractivity contribution in [1.82, 2.24) is 0 Å². The Labute approximate surface area is 175 Å². The van der Waals surface area contributed by atoms with Gasteiger partial charge < -0.3 is 30.6 Å². The number of hydrogen-bond acceptors (Lipinski definition) is 6. The third-order valence-corrected chi connectivity index (χ3v) is 2.18. The van der Waals surface area contributed by atoms with Crippen molar-refractivity contribution in [2.45, 2.75) is 79.1 Å². The van der Waals surface area contributed by atoms with E-state index in [2.05, 4.69) is 27.7 Å². The molecule has 0 saturated heterocycles. The molecule has 0 saturated carbocycles. The van der Waals surface area contributed by atoms with E-state index in [4.69, 9.17) is 35.4 Å². The van der Waals surface area contributed by atoms with E-state index in [1.807, 2.05) is 0 Å². The molecule has 0 atom stereocenters. The maximum atomic E-state index is 9.12. The summed E-state index contributed by atoms with van der Waals surface area (Å²) in [6, 6.07) is 0. The summed E-state index contributed by atoms with van der Waals surface area (Å²) in [5.41, 5.74) is 0. The van der Waals surface area contributed by atoms with Crippen LogP contribution in [0.2, 0.25) is 0 Å². The molecule has 26 heavy (non-hydrogen) atoms. The summed E-state index contributed by atoms with van der Waals surface area (Å²) in [4.78, 5) is 9.12. The van der Waals surface area contributed by atoms with Gasteiger partial charge in [-0.1, -0.05) is 53.4 Å². The largest absolute Gasteiger partial charge is 0.480 e. The number of carboxylic acid groups (broad SMARTS) is 1. The summed E-state index contributed by atoms with van der Waals surface area (Å²) in [5, 5.41) is 47.3. The van der Waals surface area contributed by atoms with E-state index in [9.17, 15) is 0 Å². The normalized spacial score (nSPS) is 7.88. The molecule has 0 aromatic rings. The van der Waals surface area contributed by atoms with Crippen molar-refractivity contribution in [1.29, 1.82) is 0 Å². The first-order chi connectivity index (χ1) is 11.9. The van der Waals surface area contributed by atoms with Crippen LogP contribution in [0.5, 0.6) is 0 Å². The smallest absolute Gasteiger partial charge is 0.329 e. The third-order valence-electron chi connectivity index (χ3n) is 2.18. The van der Waals surface area contributed by atoms with Gasteiger partial charge in [-0.05, 0) is 25.7 Å². The van der Waals surface area contributed by atoms with Crippen molar-refractivity contribution >= 4 is 5.97 Å². The molecule has 0 aliphatic heterocycles. The molecular formula is C18H44O7Ti. The number of rotatable bonds is 9. The summed E-state index contributed by atoms with van der Waals surface area (Å²) < 4.78 is 0. The van der Waals surface area contributed by atoms with Crippen LogP contribution in [0.4, 0.5) is 0 Å². The average Bonchev–Trinajstić information content (AvgIpc) is 2.60. The second kappa shape index (κ2) is 56.3. The predicted molar refractivity (Wildman–Crippen MR) is 103 cm³/mol. The number of carbonyl (C=O) groups is 1. The van der Waals surface area contributed by atoms with Crippen LogP contribution in [0.25, 0.3) is 0 Å². The SMILES string of the molecule is CCCCO.CCCCO.CCCCO.CCCCO.O=C(O)CO.[Ti]. The molecular weight excluding hydrogens is 376 g/mol. The van der Waals surface area contributed by atoms with Gasteiger partial charge in [0.2, 0.25) is 0 Å². The summed E-state index contributed by atoms with van der Waals surface area (Å²) in [6.45, 7) is 8.80. The van der Waals surface area contributed by atoms with Gasteiger partial charge in [0.25, 0.3) is 0 Å². The zero-order valence-electron chi connectivity index (χ0n) is 17.3. The minimum Gasteiger partial charge on any atom is -0.480 e. The monoisotopic (exact) mass is 420 g/mol. The zero-order chi connectivity index (χ0) is 20.8. The van der Waals surface area contributed by atoms with Gasteiger partial charge in [0, 0.05) is 48.1 Å². The number of aliphatic hydroxyl groups is 5. The van der Waals surface area contributed by atoms with Crippen LogP contribution in [-0.4, -0.2) is 69.6 Å². The van der Waals surface area contributed by atoms with Gasteiger partial charge in [0.05, 0.1) is 0 Å². The second-order valence-corrected chi connectivity index (χ2v) is 4.86. The minimum absolute atomic E-state index is 0. The molecule has 6 N–H and O–H groups in total. The van der Waals surface area contributed by atoms with Crippen LogP contribution < -0.4 is 0 Å². The molecule has 7 nitrogen and oxygen atoms in total. The van der Waals surface area contributed by atoms with E-state index in [0.29, 0.717) is 26.4 Å². The van der Waals surface area contributed by atoms with E-state index in [0.717, 1.165) is 51.4 Å². The van der Waals surface area contributed by atoms with Crippen molar-refractivity contribution < 1.29 is 57.2 Å². The molecule has 0 aromatic carbocycles. The molecule has 0 bridgehead atoms. The summed E-state index contributed by atoms with van der Waals surface area (Å²) in [6.07, 6.45) is 8.15. The molecule has 8 heteroatoms. The van der Waals surface area contributed by atoms with Gasteiger partial charge in [-0.2, -0.15) is 0 Å². The van der Waals surface area contributed by atoms with Crippen LogP contribution in [0.15, 0.2) is 0 Å². The summed E-state index contributed by atoms with van der Waals surface area (Å²) in [7, 11) is 0. The maximum Gasteiger partial charge on any atom is 0.329 e. The Kier molecular flexibility index (Phi) is 87.9. The molecule has 162 valence electrons. The first kappa shape index (κ1) is 40.6. The third kappa shape index (κ3) is 127. The Morgan fingerprint density at radius 3 is 0.731 bits per heavy atom. The van der Waals surface area contributed by atoms with E-state index >= 15 is 0 Å². The number of unbranched alkanes of at least 4 members (excludes halogenated alkanes) is 4. The van der Waals surface area contributed by atoms with Crippen LogP contribution >= 0.6 is 0 Å². The number of aliphatic carboxylic acids is 1. The Bertz CT molecular complexity index is 153. The fourth-order valence-electron chi connectivity index (χ4n) is 0.632. The fourth-order valence-corrected chi connectivity index (χ4v) is 0.632. The van der Waals surface area contributed by atoms with Gasteiger partial charge in [-0.15, -0.1) is 0 Å². The average molecular weight is 420 g/mol. The van der Waals surface area contributed by atoms with Crippen LogP contribution in [0.1, 0.15) is 79.1 Å². The van der Waals surface area contributed by atoms with Crippen molar-refractivity contribution in [3.63, 3.8) is 0 Å². The van der Waals surface area contributed by atoms with E-state index in [-0.39, 0.29) is 21.7 Å². The second-order valence-electron chi connectivity index (χ2n) is 4.86. The fraction of sp³-hybridized carbons (Fsp3) is 0.944. The summed E-state index contributed by atoms with van der Waals surface area (Å²) >= 11 is 0. The molecule has 0 rings (SSSR count). The molecule has 0 radical (unpaired) electrons. The molecule has 0 aliphatic rings. The summed E-state index contributed by atoms with van der Waals surface area (Å²) in [5.74, 6) is -1.19. The standard InChI is InChI=1S/4C4H10O.C2H4O3.Ti/c4*1-2-3-4-5;3-1-2(4)5;/h4*5H,2-4H2,1H3;3H,1H2,(H,4,5);. The molecule has 0 spiro atoms. The number of hydrogen-bond donors (Lipinski definition) is 6. The molecule has 0 aromatic heterocycles.